The lowest BCUT2D eigenvalue weighted by atomic mass is 9.92. The van der Waals surface area contributed by atoms with Gasteiger partial charge in [0.25, 0.3) is 0 Å². The van der Waals surface area contributed by atoms with Crippen LogP contribution in [0.2, 0.25) is 16.6 Å². The summed E-state index contributed by atoms with van der Waals surface area (Å²) in [5.74, 6) is 4.31. The first kappa shape index (κ1) is 25.1. The van der Waals surface area contributed by atoms with Gasteiger partial charge in [0.05, 0.1) is 0 Å². The van der Waals surface area contributed by atoms with Gasteiger partial charge in [-0.2, -0.15) is 0 Å². The van der Waals surface area contributed by atoms with E-state index in [4.69, 9.17) is 4.74 Å². The third-order valence-corrected chi connectivity index (χ3v) is 12.7. The minimum atomic E-state index is -1.58. The van der Waals surface area contributed by atoms with Crippen LogP contribution in [0.5, 0.6) is 0 Å². The molecular weight excluding hydrogens is 362 g/mol. The van der Waals surface area contributed by atoms with E-state index in [1.165, 1.54) is 12.8 Å². The molecule has 0 aromatic heterocycles. The summed E-state index contributed by atoms with van der Waals surface area (Å²) in [7, 11) is -1.58. The van der Waals surface area contributed by atoms with Crippen molar-refractivity contribution in [2.24, 2.45) is 5.92 Å². The summed E-state index contributed by atoms with van der Waals surface area (Å²) in [5, 5.41) is 0. The number of nitrogens with zero attached hydrogens (tertiary/aromatic N) is 1. The molecule has 0 unspecified atom stereocenters. The van der Waals surface area contributed by atoms with Gasteiger partial charge >= 0.3 is 6.09 Å². The van der Waals surface area contributed by atoms with Crippen LogP contribution in [0.3, 0.4) is 0 Å². The minimum Gasteiger partial charge on any atom is -0.444 e. The Kier molecular flexibility index (Phi) is 9.60. The summed E-state index contributed by atoms with van der Waals surface area (Å²) in [6.07, 6.45) is 5.46. The van der Waals surface area contributed by atoms with Gasteiger partial charge in [-0.3, -0.25) is 0 Å². The van der Waals surface area contributed by atoms with Crippen molar-refractivity contribution in [3.63, 3.8) is 0 Å². The van der Waals surface area contributed by atoms with Gasteiger partial charge in [0.1, 0.15) is 13.7 Å². The van der Waals surface area contributed by atoms with E-state index in [2.05, 4.69) is 53.0 Å². The lowest BCUT2D eigenvalue weighted by Gasteiger charge is -2.38. The monoisotopic (exact) mass is 407 g/mol. The van der Waals surface area contributed by atoms with Crippen molar-refractivity contribution < 1.29 is 9.53 Å². The molecule has 4 heteroatoms. The molecule has 0 bridgehead atoms. The van der Waals surface area contributed by atoms with E-state index in [0.717, 1.165) is 38.3 Å². The molecule has 1 saturated heterocycles. The number of likely N-dealkylation sites (tertiary alicyclic amines) is 1. The van der Waals surface area contributed by atoms with Gasteiger partial charge < -0.3 is 9.64 Å². The molecule has 1 aliphatic rings. The Balaban J connectivity index is 2.45. The number of amides is 1. The minimum absolute atomic E-state index is 0.158. The van der Waals surface area contributed by atoms with Crippen LogP contribution in [0.1, 0.15) is 94.4 Å². The summed E-state index contributed by atoms with van der Waals surface area (Å²) >= 11 is 0. The molecule has 28 heavy (non-hydrogen) atoms. The topological polar surface area (TPSA) is 29.5 Å². The molecule has 0 aromatic rings. The Hall–Kier alpha value is -0.953. The van der Waals surface area contributed by atoms with Gasteiger partial charge in [0, 0.05) is 19.5 Å². The first-order valence-electron chi connectivity index (χ1n) is 11.4. The number of ether oxygens (including phenoxy) is 1. The van der Waals surface area contributed by atoms with Gasteiger partial charge in [0.2, 0.25) is 0 Å². The molecule has 0 atom stereocenters. The molecule has 1 aliphatic heterocycles. The Morgan fingerprint density at radius 1 is 1.04 bits per heavy atom. The van der Waals surface area contributed by atoms with Crippen LogP contribution in [-0.2, 0) is 4.74 Å². The molecule has 0 saturated carbocycles. The van der Waals surface area contributed by atoms with Gasteiger partial charge in [-0.1, -0.05) is 41.5 Å². The van der Waals surface area contributed by atoms with E-state index in [1.807, 2.05) is 25.7 Å². The van der Waals surface area contributed by atoms with Crippen molar-refractivity contribution in [1.82, 2.24) is 4.90 Å². The highest BCUT2D eigenvalue weighted by Crippen LogP contribution is 2.40. The zero-order chi connectivity index (χ0) is 21.5. The quantitative estimate of drug-likeness (QED) is 0.269. The average molecular weight is 408 g/mol. The van der Waals surface area contributed by atoms with Crippen LogP contribution < -0.4 is 0 Å². The first-order valence-corrected chi connectivity index (χ1v) is 13.6. The lowest BCUT2D eigenvalue weighted by molar-refractivity contribution is 0.0181. The van der Waals surface area contributed by atoms with Gasteiger partial charge in [-0.05, 0) is 69.0 Å². The van der Waals surface area contributed by atoms with Crippen molar-refractivity contribution in [3.8, 4) is 11.5 Å². The number of rotatable bonds is 6. The highest BCUT2D eigenvalue weighted by molar-refractivity contribution is 6.90. The molecule has 0 spiro atoms. The normalized spacial score (nSPS) is 16.5. The molecule has 162 valence electrons. The molecule has 0 radical (unpaired) electrons. The summed E-state index contributed by atoms with van der Waals surface area (Å²) in [6.45, 7) is 21.7. The Morgan fingerprint density at radius 2 is 1.54 bits per heavy atom. The molecule has 0 aromatic carbocycles. The van der Waals surface area contributed by atoms with Crippen LogP contribution in [-0.4, -0.2) is 37.8 Å². The van der Waals surface area contributed by atoms with E-state index in [0.29, 0.717) is 16.6 Å². The highest BCUT2D eigenvalue weighted by atomic mass is 28.3. The highest BCUT2D eigenvalue weighted by Gasteiger charge is 2.41. The number of piperidine rings is 1. The molecule has 1 fully saturated rings. The van der Waals surface area contributed by atoms with Gasteiger partial charge in [0.15, 0.2) is 0 Å². The summed E-state index contributed by atoms with van der Waals surface area (Å²) in [5.41, 5.74) is 5.54. The molecule has 3 nitrogen and oxygen atoms in total. The Bertz CT molecular complexity index is 521. The SMILES string of the molecule is CC(C)[Si](C#CCCCC1CCN(C(=O)OC(C)(C)C)CC1)(C(C)C)C(C)C. The third kappa shape index (κ3) is 7.14. The molecule has 0 N–H and O–H groups in total. The van der Waals surface area contributed by atoms with E-state index in [-0.39, 0.29) is 6.09 Å². The van der Waals surface area contributed by atoms with Crippen LogP contribution in [0.15, 0.2) is 0 Å². The molecule has 1 rings (SSSR count). The maximum atomic E-state index is 12.2. The number of unbranched alkanes of at least 4 members (excludes halogenated alkanes) is 1. The summed E-state index contributed by atoms with van der Waals surface area (Å²) < 4.78 is 5.49. The maximum Gasteiger partial charge on any atom is 0.410 e. The van der Waals surface area contributed by atoms with E-state index in [9.17, 15) is 4.79 Å². The maximum absolute atomic E-state index is 12.2. The number of carbonyl (C=O) groups excluding carboxylic acids is 1. The average Bonchev–Trinajstić information content (AvgIpc) is 2.56. The zero-order valence-corrected chi connectivity index (χ0v) is 21.0. The predicted molar refractivity (Wildman–Crippen MR) is 123 cm³/mol. The van der Waals surface area contributed by atoms with Crippen LogP contribution in [0, 0.1) is 17.4 Å². The summed E-state index contributed by atoms with van der Waals surface area (Å²) in [4.78, 5) is 14.0. The fraction of sp³-hybridized carbons (Fsp3) is 0.875. The smallest absolute Gasteiger partial charge is 0.410 e. The van der Waals surface area contributed by atoms with Gasteiger partial charge in [-0.15, -0.1) is 11.5 Å². The number of carbonyl (C=O) groups is 1. The lowest BCUT2D eigenvalue weighted by Crippen LogP contribution is -2.43. The van der Waals surface area contributed by atoms with E-state index < -0.39 is 13.7 Å². The molecule has 1 amide bonds. The largest absolute Gasteiger partial charge is 0.444 e. The van der Waals surface area contributed by atoms with E-state index >= 15 is 0 Å². The molecule has 1 heterocycles. The second-order valence-corrected chi connectivity index (χ2v) is 16.1. The van der Waals surface area contributed by atoms with Crippen molar-refractivity contribution in [2.45, 2.75) is 117 Å². The fourth-order valence-electron chi connectivity index (χ4n) is 4.86. The van der Waals surface area contributed by atoms with Crippen molar-refractivity contribution in [1.29, 1.82) is 0 Å². The standard InChI is InChI=1S/C24H45NO2Si/c1-19(2)28(20(3)4,21(5)6)18-12-10-11-13-22-14-16-25(17-15-22)23(26)27-24(7,8)9/h19-22H,10-11,13-17H2,1-9H3. The Morgan fingerprint density at radius 3 is 1.96 bits per heavy atom. The second kappa shape index (κ2) is 10.7. The fourth-order valence-corrected chi connectivity index (χ4v) is 10.2. The Labute approximate surface area is 176 Å². The predicted octanol–water partition coefficient (Wildman–Crippen LogP) is 7.03. The third-order valence-electron chi connectivity index (χ3n) is 6.35. The van der Waals surface area contributed by atoms with Crippen LogP contribution >= 0.6 is 0 Å². The van der Waals surface area contributed by atoms with Gasteiger partial charge in [-0.25, -0.2) is 4.79 Å². The van der Waals surface area contributed by atoms with E-state index in [1.54, 1.807) is 0 Å². The van der Waals surface area contributed by atoms with Crippen molar-refractivity contribution in [2.75, 3.05) is 13.1 Å². The van der Waals surface area contributed by atoms with Crippen molar-refractivity contribution >= 4 is 14.2 Å². The second-order valence-electron chi connectivity index (χ2n) is 10.5. The first-order chi connectivity index (χ1) is 12.9. The molecule has 0 aliphatic carbocycles. The summed E-state index contributed by atoms with van der Waals surface area (Å²) in [6, 6.07) is 0. The number of hydrogen-bond acceptors (Lipinski definition) is 2. The number of hydrogen-bond donors (Lipinski definition) is 0. The molecular formula is C24H45NO2Si. The zero-order valence-electron chi connectivity index (χ0n) is 20.0. The van der Waals surface area contributed by atoms with Crippen molar-refractivity contribution in [3.05, 3.63) is 0 Å². The van der Waals surface area contributed by atoms with Crippen LogP contribution in [0.25, 0.3) is 0 Å². The van der Waals surface area contributed by atoms with Crippen LogP contribution in [0.4, 0.5) is 4.79 Å².